The van der Waals surface area contributed by atoms with E-state index in [0.717, 1.165) is 5.56 Å². The van der Waals surface area contributed by atoms with Crippen molar-refractivity contribution in [2.24, 2.45) is 0 Å². The van der Waals surface area contributed by atoms with E-state index in [4.69, 9.17) is 4.74 Å². The highest BCUT2D eigenvalue weighted by Gasteiger charge is 2.33. The Morgan fingerprint density at radius 2 is 2.07 bits per heavy atom. The molecule has 2 rings (SSSR count). The lowest BCUT2D eigenvalue weighted by Gasteiger charge is -2.10. The van der Waals surface area contributed by atoms with Crippen molar-refractivity contribution in [1.82, 2.24) is 9.78 Å². The van der Waals surface area contributed by atoms with E-state index >= 15 is 0 Å². The monoisotopic (exact) mass is 230 g/mol. The molecule has 5 nitrogen and oxygen atoms in total. The third kappa shape index (κ3) is 1.62. The number of methoxy groups -OCH3 is 1. The van der Waals surface area contributed by atoms with Crippen molar-refractivity contribution < 1.29 is 13.2 Å². The molecule has 2 heterocycles. The van der Waals surface area contributed by atoms with Crippen LogP contribution in [0.5, 0.6) is 5.88 Å². The minimum absolute atomic E-state index is 0.0401. The molecule has 0 saturated heterocycles. The fourth-order valence-corrected chi connectivity index (χ4v) is 3.29. The molecule has 0 N–H and O–H groups in total. The van der Waals surface area contributed by atoms with Crippen LogP contribution in [0, 0.1) is 0 Å². The van der Waals surface area contributed by atoms with Crippen LogP contribution in [-0.4, -0.2) is 25.3 Å². The number of hydrogen-bond acceptors (Lipinski definition) is 4. The van der Waals surface area contributed by atoms with E-state index < -0.39 is 9.84 Å². The Kier molecular flexibility index (Phi) is 2.26. The summed E-state index contributed by atoms with van der Waals surface area (Å²) in [5.41, 5.74) is 1.37. The van der Waals surface area contributed by atoms with Gasteiger partial charge in [-0.25, -0.2) is 13.1 Å². The van der Waals surface area contributed by atoms with E-state index in [1.54, 1.807) is 11.8 Å². The molecular weight excluding hydrogens is 216 g/mol. The molecule has 0 amide bonds. The lowest BCUT2D eigenvalue weighted by Crippen LogP contribution is -2.08. The lowest BCUT2D eigenvalue weighted by atomic mass is 10.3. The molecule has 0 unspecified atom stereocenters. The first-order valence-electron chi connectivity index (χ1n) is 4.79. The SMILES string of the molecule is COc1c2c(nn1C(C)C)CS(=O)(=O)C2. The third-order valence-corrected chi connectivity index (χ3v) is 3.89. The molecule has 0 fully saturated rings. The van der Waals surface area contributed by atoms with Gasteiger partial charge in [-0.2, -0.15) is 5.10 Å². The fraction of sp³-hybridized carbons (Fsp3) is 0.667. The van der Waals surface area contributed by atoms with Crippen LogP contribution >= 0.6 is 0 Å². The summed E-state index contributed by atoms with van der Waals surface area (Å²) in [6.45, 7) is 3.97. The molecule has 0 radical (unpaired) electrons. The third-order valence-electron chi connectivity index (χ3n) is 2.45. The average Bonchev–Trinajstić information content (AvgIpc) is 2.55. The molecule has 1 aromatic heterocycles. The molecule has 1 aliphatic heterocycles. The Bertz CT molecular complexity index is 488. The highest BCUT2D eigenvalue weighted by atomic mass is 32.2. The van der Waals surface area contributed by atoms with Gasteiger partial charge in [-0.05, 0) is 13.8 Å². The molecular formula is C9H14N2O3S. The van der Waals surface area contributed by atoms with E-state index in [2.05, 4.69) is 5.10 Å². The van der Waals surface area contributed by atoms with Crippen molar-refractivity contribution in [2.45, 2.75) is 31.4 Å². The Morgan fingerprint density at radius 1 is 1.40 bits per heavy atom. The largest absolute Gasteiger partial charge is 0.481 e. The first-order valence-corrected chi connectivity index (χ1v) is 6.61. The second-order valence-electron chi connectivity index (χ2n) is 4.01. The summed E-state index contributed by atoms with van der Waals surface area (Å²) in [5.74, 6) is 0.678. The smallest absolute Gasteiger partial charge is 0.216 e. The highest BCUT2D eigenvalue weighted by molar-refractivity contribution is 7.90. The lowest BCUT2D eigenvalue weighted by molar-refractivity contribution is 0.342. The molecule has 1 aromatic rings. The maximum atomic E-state index is 11.4. The van der Waals surface area contributed by atoms with Crippen molar-refractivity contribution in [3.8, 4) is 5.88 Å². The molecule has 84 valence electrons. The topological polar surface area (TPSA) is 61.2 Å². The van der Waals surface area contributed by atoms with Crippen LogP contribution in [0.15, 0.2) is 0 Å². The second kappa shape index (κ2) is 3.23. The van der Waals surface area contributed by atoms with Crippen molar-refractivity contribution >= 4 is 9.84 Å². The summed E-state index contributed by atoms with van der Waals surface area (Å²) in [7, 11) is -1.45. The van der Waals surface area contributed by atoms with Crippen LogP contribution < -0.4 is 4.74 Å². The van der Waals surface area contributed by atoms with Crippen LogP contribution in [0.2, 0.25) is 0 Å². The zero-order valence-corrected chi connectivity index (χ0v) is 9.84. The maximum Gasteiger partial charge on any atom is 0.216 e. The molecule has 0 spiro atoms. The van der Waals surface area contributed by atoms with Crippen molar-refractivity contribution in [2.75, 3.05) is 7.11 Å². The highest BCUT2D eigenvalue weighted by Crippen LogP contribution is 2.33. The Morgan fingerprint density at radius 3 is 2.60 bits per heavy atom. The van der Waals surface area contributed by atoms with E-state index in [9.17, 15) is 8.42 Å². The summed E-state index contributed by atoms with van der Waals surface area (Å²) in [4.78, 5) is 0. The summed E-state index contributed by atoms with van der Waals surface area (Å²) >= 11 is 0. The van der Waals surface area contributed by atoms with Gasteiger partial charge < -0.3 is 4.74 Å². The van der Waals surface area contributed by atoms with E-state index in [1.807, 2.05) is 13.8 Å². The fourth-order valence-electron chi connectivity index (χ4n) is 1.80. The molecule has 6 heteroatoms. The second-order valence-corrected chi connectivity index (χ2v) is 6.07. The van der Waals surface area contributed by atoms with Gasteiger partial charge in [0, 0.05) is 0 Å². The van der Waals surface area contributed by atoms with Gasteiger partial charge in [0.05, 0.1) is 35.9 Å². The average molecular weight is 230 g/mol. The van der Waals surface area contributed by atoms with E-state index in [0.29, 0.717) is 11.6 Å². The minimum atomic E-state index is -2.99. The molecule has 0 bridgehead atoms. The van der Waals surface area contributed by atoms with Crippen molar-refractivity contribution in [3.63, 3.8) is 0 Å². The standard InChI is InChI=1S/C9H14N2O3S/c1-6(2)11-9(14-3)7-4-15(12,13)5-8(7)10-11/h6H,4-5H2,1-3H3. The van der Waals surface area contributed by atoms with Gasteiger partial charge in [-0.1, -0.05) is 0 Å². The zero-order valence-electron chi connectivity index (χ0n) is 9.02. The number of nitrogens with zero attached hydrogens (tertiary/aromatic N) is 2. The normalized spacial score (nSPS) is 18.1. The van der Waals surface area contributed by atoms with E-state index in [1.165, 1.54) is 0 Å². The van der Waals surface area contributed by atoms with Gasteiger partial charge in [-0.15, -0.1) is 0 Å². The number of aromatic nitrogens is 2. The van der Waals surface area contributed by atoms with Crippen molar-refractivity contribution in [3.05, 3.63) is 11.3 Å². The van der Waals surface area contributed by atoms with Crippen LogP contribution in [0.3, 0.4) is 0 Å². The minimum Gasteiger partial charge on any atom is -0.481 e. The quantitative estimate of drug-likeness (QED) is 0.757. The molecule has 0 aromatic carbocycles. The summed E-state index contributed by atoms with van der Waals surface area (Å²) in [6.07, 6.45) is 0. The number of sulfone groups is 1. The molecule has 15 heavy (non-hydrogen) atoms. The molecule has 0 atom stereocenters. The number of ether oxygens (including phenoxy) is 1. The number of rotatable bonds is 2. The summed E-state index contributed by atoms with van der Waals surface area (Å²) < 4.78 is 29.7. The van der Waals surface area contributed by atoms with Gasteiger partial charge in [0.1, 0.15) is 0 Å². The van der Waals surface area contributed by atoms with Gasteiger partial charge in [0.25, 0.3) is 0 Å². The first-order chi connectivity index (χ1) is 6.94. The van der Waals surface area contributed by atoms with E-state index in [-0.39, 0.29) is 17.5 Å². The summed E-state index contributed by atoms with van der Waals surface area (Å²) in [6, 6.07) is 0.174. The molecule has 1 aliphatic rings. The van der Waals surface area contributed by atoms with Crippen molar-refractivity contribution in [1.29, 1.82) is 0 Å². The van der Waals surface area contributed by atoms with Gasteiger partial charge in [0.15, 0.2) is 9.84 Å². The van der Waals surface area contributed by atoms with Crippen LogP contribution in [0.25, 0.3) is 0 Å². The summed E-state index contributed by atoms with van der Waals surface area (Å²) in [5, 5.41) is 4.27. The van der Waals surface area contributed by atoms with Gasteiger partial charge in [-0.3, -0.25) is 0 Å². The Labute approximate surface area is 89.0 Å². The Balaban J connectivity index is 2.53. The predicted molar refractivity (Wildman–Crippen MR) is 55.5 cm³/mol. The van der Waals surface area contributed by atoms with Gasteiger partial charge >= 0.3 is 0 Å². The molecule has 0 saturated carbocycles. The predicted octanol–water partition coefficient (Wildman–Crippen LogP) is 0.901. The first kappa shape index (κ1) is 10.5. The number of hydrogen-bond donors (Lipinski definition) is 0. The van der Waals surface area contributed by atoms with Gasteiger partial charge in [0.2, 0.25) is 5.88 Å². The maximum absolute atomic E-state index is 11.4. The van der Waals surface area contributed by atoms with Crippen LogP contribution in [0.4, 0.5) is 0 Å². The Hall–Kier alpha value is -1.04. The van der Waals surface area contributed by atoms with Crippen LogP contribution in [-0.2, 0) is 21.3 Å². The van der Waals surface area contributed by atoms with Crippen LogP contribution in [0.1, 0.15) is 31.1 Å². The zero-order chi connectivity index (χ0) is 11.2. The molecule has 0 aliphatic carbocycles. The number of fused-ring (bicyclic) bond motifs is 1.